The fourth-order valence-corrected chi connectivity index (χ4v) is 2.14. The predicted octanol–water partition coefficient (Wildman–Crippen LogP) is 3.50. The molecule has 1 unspecified atom stereocenters. The van der Waals surface area contributed by atoms with Crippen molar-refractivity contribution < 1.29 is 22.6 Å². The molecule has 1 aliphatic rings. The number of nitrogens with two attached hydrogens (primary N) is 1. The molecule has 3 N–H and O–H groups in total. The maximum Gasteiger partial charge on any atom is 0.573 e. The van der Waals surface area contributed by atoms with Crippen LogP contribution in [0.3, 0.4) is 0 Å². The molecule has 5 nitrogen and oxygen atoms in total. The summed E-state index contributed by atoms with van der Waals surface area (Å²) < 4.78 is 45.5. The van der Waals surface area contributed by atoms with E-state index in [-0.39, 0.29) is 41.3 Å². The smallest absolute Gasteiger partial charge is 0.406 e. The summed E-state index contributed by atoms with van der Waals surface area (Å²) in [5.74, 6) is -0.110. The number of anilines is 1. The zero-order valence-electron chi connectivity index (χ0n) is 12.5. The maximum absolute atomic E-state index is 12.0. The first-order chi connectivity index (χ1) is 10.3. The molecule has 1 aromatic rings. The average Bonchev–Trinajstić information content (AvgIpc) is 2.85. The lowest BCUT2D eigenvalue weighted by Crippen LogP contribution is -2.30. The summed E-state index contributed by atoms with van der Waals surface area (Å²) in [5, 5.41) is 2.81. The van der Waals surface area contributed by atoms with Crippen molar-refractivity contribution in [3.05, 3.63) is 24.3 Å². The van der Waals surface area contributed by atoms with E-state index in [1.165, 1.54) is 24.3 Å². The van der Waals surface area contributed by atoms with Crippen LogP contribution in [0.15, 0.2) is 29.3 Å². The highest BCUT2D eigenvalue weighted by atomic mass is 127. The van der Waals surface area contributed by atoms with Crippen LogP contribution >= 0.6 is 24.0 Å². The minimum Gasteiger partial charge on any atom is -0.406 e. The highest BCUT2D eigenvalue weighted by Crippen LogP contribution is 2.25. The highest BCUT2D eigenvalue weighted by Gasteiger charge is 2.31. The van der Waals surface area contributed by atoms with Crippen molar-refractivity contribution in [1.82, 2.24) is 0 Å². The van der Waals surface area contributed by atoms with Gasteiger partial charge in [-0.2, -0.15) is 0 Å². The van der Waals surface area contributed by atoms with Gasteiger partial charge in [0.05, 0.1) is 12.1 Å². The number of halogens is 4. The molecule has 1 atom stereocenters. The summed E-state index contributed by atoms with van der Waals surface area (Å²) in [6.45, 7) is 3.13. The number of aliphatic imine (C=N–C) groups is 1. The average molecular weight is 445 g/mol. The molecule has 23 heavy (non-hydrogen) atoms. The van der Waals surface area contributed by atoms with Crippen LogP contribution in [-0.2, 0) is 4.74 Å². The first-order valence-corrected chi connectivity index (χ1v) is 6.82. The van der Waals surface area contributed by atoms with Gasteiger partial charge in [0.15, 0.2) is 5.96 Å². The number of alkyl halides is 3. The fraction of sp³-hybridized carbons (Fsp3) is 0.500. The molecule has 130 valence electrons. The van der Waals surface area contributed by atoms with Crippen LogP contribution in [0.1, 0.15) is 19.8 Å². The van der Waals surface area contributed by atoms with Crippen molar-refractivity contribution in [2.75, 3.05) is 18.5 Å². The summed E-state index contributed by atoms with van der Waals surface area (Å²) in [7, 11) is 0. The van der Waals surface area contributed by atoms with Crippen molar-refractivity contribution in [3.63, 3.8) is 0 Å². The Hall–Kier alpha value is -1.23. The Bertz CT molecular complexity index is 529. The van der Waals surface area contributed by atoms with Crippen molar-refractivity contribution in [3.8, 4) is 5.75 Å². The van der Waals surface area contributed by atoms with Gasteiger partial charge in [-0.3, -0.25) is 4.99 Å². The topological polar surface area (TPSA) is 68.9 Å². The number of nitrogens with zero attached hydrogens (tertiary/aromatic N) is 1. The molecule has 0 saturated carbocycles. The Morgan fingerprint density at radius 3 is 2.57 bits per heavy atom. The Balaban J connectivity index is 0.00000264. The van der Waals surface area contributed by atoms with E-state index in [2.05, 4.69) is 15.0 Å². The quantitative estimate of drug-likeness (QED) is 0.423. The molecule has 0 amide bonds. The predicted molar refractivity (Wildman–Crippen MR) is 92.2 cm³/mol. The Morgan fingerprint density at radius 1 is 1.39 bits per heavy atom. The van der Waals surface area contributed by atoms with Crippen molar-refractivity contribution in [1.29, 1.82) is 0 Å². The Labute approximate surface area is 149 Å². The van der Waals surface area contributed by atoms with Gasteiger partial charge in [0.2, 0.25) is 0 Å². The number of benzene rings is 1. The summed E-state index contributed by atoms with van der Waals surface area (Å²) in [5.41, 5.74) is 5.98. The van der Waals surface area contributed by atoms with Crippen LogP contribution in [-0.4, -0.2) is 31.1 Å². The third kappa shape index (κ3) is 6.81. The fourth-order valence-electron chi connectivity index (χ4n) is 2.14. The van der Waals surface area contributed by atoms with E-state index in [0.29, 0.717) is 12.2 Å². The van der Waals surface area contributed by atoms with Gasteiger partial charge in [-0.05, 0) is 44.0 Å². The highest BCUT2D eigenvalue weighted by molar-refractivity contribution is 14.0. The number of guanidine groups is 1. The number of nitrogens with one attached hydrogen (secondary N) is 1. The van der Waals surface area contributed by atoms with Gasteiger partial charge in [0.25, 0.3) is 0 Å². The normalized spacial score (nSPS) is 21.7. The van der Waals surface area contributed by atoms with Gasteiger partial charge in [-0.25, -0.2) is 0 Å². The van der Waals surface area contributed by atoms with E-state index in [0.717, 1.165) is 19.4 Å². The lowest BCUT2D eigenvalue weighted by molar-refractivity contribution is -0.274. The number of hydrogen-bond donors (Lipinski definition) is 2. The zero-order chi connectivity index (χ0) is 16.2. The summed E-state index contributed by atoms with van der Waals surface area (Å²) >= 11 is 0. The van der Waals surface area contributed by atoms with E-state index in [9.17, 15) is 13.2 Å². The molecular formula is C14H19F3IN3O2. The molecule has 0 aromatic heterocycles. The van der Waals surface area contributed by atoms with Crippen LogP contribution in [0.25, 0.3) is 0 Å². The van der Waals surface area contributed by atoms with Crippen LogP contribution in [0.5, 0.6) is 5.75 Å². The minimum absolute atomic E-state index is 0. The Kier molecular flexibility index (Phi) is 6.93. The molecule has 1 aliphatic heterocycles. The van der Waals surface area contributed by atoms with E-state index >= 15 is 0 Å². The maximum atomic E-state index is 12.0. The van der Waals surface area contributed by atoms with Crippen LogP contribution in [0, 0.1) is 0 Å². The second kappa shape index (κ2) is 8.04. The van der Waals surface area contributed by atoms with Gasteiger partial charge in [-0.1, -0.05) is 0 Å². The molecule has 1 fully saturated rings. The molecule has 1 aromatic carbocycles. The van der Waals surface area contributed by atoms with Gasteiger partial charge in [0.1, 0.15) is 5.75 Å². The molecule has 1 heterocycles. The van der Waals surface area contributed by atoms with E-state index < -0.39 is 6.36 Å². The monoisotopic (exact) mass is 445 g/mol. The van der Waals surface area contributed by atoms with Gasteiger partial charge >= 0.3 is 6.36 Å². The molecular weight excluding hydrogens is 426 g/mol. The van der Waals surface area contributed by atoms with Crippen molar-refractivity contribution in [2.45, 2.75) is 31.7 Å². The van der Waals surface area contributed by atoms with Gasteiger partial charge in [-0.15, -0.1) is 37.1 Å². The molecule has 0 spiro atoms. The second-order valence-corrected chi connectivity index (χ2v) is 5.30. The Morgan fingerprint density at radius 2 is 2.04 bits per heavy atom. The van der Waals surface area contributed by atoms with Crippen molar-refractivity contribution in [2.24, 2.45) is 10.7 Å². The molecule has 0 bridgehead atoms. The molecule has 9 heteroatoms. The van der Waals surface area contributed by atoms with E-state index in [1.54, 1.807) is 0 Å². The number of ether oxygens (including phenoxy) is 2. The lowest BCUT2D eigenvalue weighted by Gasteiger charge is -2.20. The summed E-state index contributed by atoms with van der Waals surface area (Å²) in [6, 6.07) is 5.25. The van der Waals surface area contributed by atoms with Crippen LogP contribution in [0.4, 0.5) is 18.9 Å². The number of hydrogen-bond acceptors (Lipinski definition) is 3. The molecule has 0 aliphatic carbocycles. The minimum atomic E-state index is -4.70. The van der Waals surface area contributed by atoms with Gasteiger partial charge < -0.3 is 20.5 Å². The molecule has 1 saturated heterocycles. The lowest BCUT2D eigenvalue weighted by atomic mass is 10.0. The standard InChI is InChI=1S/C14H18F3N3O2.HI/c1-13(7-2-8-21-13)9-19-12(18)20-10-3-5-11(6-4-10)22-14(15,16)17;/h3-6H,2,7-9H2,1H3,(H3,18,19,20);1H. The second-order valence-electron chi connectivity index (χ2n) is 5.30. The first-order valence-electron chi connectivity index (χ1n) is 6.82. The number of rotatable bonds is 4. The van der Waals surface area contributed by atoms with E-state index in [1.807, 2.05) is 6.92 Å². The largest absolute Gasteiger partial charge is 0.573 e. The van der Waals surface area contributed by atoms with Crippen molar-refractivity contribution >= 4 is 35.6 Å². The zero-order valence-corrected chi connectivity index (χ0v) is 14.9. The van der Waals surface area contributed by atoms with Gasteiger partial charge in [0, 0.05) is 12.3 Å². The molecule has 2 rings (SSSR count). The first kappa shape index (κ1) is 19.8. The van der Waals surface area contributed by atoms with Crippen LogP contribution in [0.2, 0.25) is 0 Å². The SMILES string of the molecule is CC1(CN=C(N)Nc2ccc(OC(F)(F)F)cc2)CCCO1.I. The third-order valence-corrected chi connectivity index (χ3v) is 3.24. The van der Waals surface area contributed by atoms with Crippen LogP contribution < -0.4 is 15.8 Å². The molecule has 0 radical (unpaired) electrons. The van der Waals surface area contributed by atoms with E-state index in [4.69, 9.17) is 10.5 Å². The third-order valence-electron chi connectivity index (χ3n) is 3.24. The summed E-state index contributed by atoms with van der Waals surface area (Å²) in [6.07, 6.45) is -2.78. The summed E-state index contributed by atoms with van der Waals surface area (Å²) in [4.78, 5) is 4.20.